The number of hydrogen-bond donors (Lipinski definition) is 3. The number of hydrogen-bond acceptors (Lipinski definition) is 5. The molecule has 150 valence electrons. The fourth-order valence-electron chi connectivity index (χ4n) is 3.57. The van der Waals surface area contributed by atoms with Crippen LogP contribution in [0.4, 0.5) is 0 Å². The topological polar surface area (TPSA) is 127 Å². The van der Waals surface area contributed by atoms with E-state index in [4.69, 9.17) is 9.88 Å². The molecule has 4 rings (SSSR count). The van der Waals surface area contributed by atoms with Crippen molar-refractivity contribution in [2.75, 3.05) is 7.11 Å². The Bertz CT molecular complexity index is 1180. The van der Waals surface area contributed by atoms with Gasteiger partial charge in [-0.25, -0.2) is 13.6 Å². The van der Waals surface area contributed by atoms with Gasteiger partial charge in [0.2, 0.25) is 10.0 Å². The third-order valence-corrected chi connectivity index (χ3v) is 5.96. The molecule has 29 heavy (non-hydrogen) atoms. The molecule has 1 aliphatic rings. The first-order valence-corrected chi connectivity index (χ1v) is 10.6. The number of nitrogens with one attached hydrogen (secondary N) is 2. The molecule has 0 radical (unpaired) electrons. The van der Waals surface area contributed by atoms with Gasteiger partial charge in [0, 0.05) is 23.2 Å². The molecule has 0 saturated carbocycles. The largest absolute Gasteiger partial charge is 0.496 e. The number of aromatic amines is 1. The van der Waals surface area contributed by atoms with Crippen LogP contribution in [0.3, 0.4) is 0 Å². The minimum absolute atomic E-state index is 0.0318. The number of aromatic nitrogens is 2. The lowest BCUT2D eigenvalue weighted by atomic mass is 9.88. The first-order valence-electron chi connectivity index (χ1n) is 9.02. The zero-order valence-electron chi connectivity index (χ0n) is 15.7. The number of rotatable bonds is 5. The maximum Gasteiger partial charge on any atom is 0.269 e. The molecule has 1 amide bonds. The standard InChI is InChI=1S/C20H20N4O4S/c1-28-17-4-2-3-15-14(17)9-10-16-18(15)23-24-19(16)20(25)22-11-12-5-7-13(8-6-12)29(21,26)27/h2-8H,9-11H2,1H3,(H,22,25)(H,23,24)(H2,21,26,27). The molecular formula is C20H20N4O4S. The summed E-state index contributed by atoms with van der Waals surface area (Å²) < 4.78 is 28.1. The van der Waals surface area contributed by atoms with E-state index in [1.165, 1.54) is 12.1 Å². The zero-order chi connectivity index (χ0) is 20.6. The molecule has 2 aromatic carbocycles. The van der Waals surface area contributed by atoms with Crippen molar-refractivity contribution in [1.29, 1.82) is 0 Å². The molecular weight excluding hydrogens is 392 g/mol. The summed E-state index contributed by atoms with van der Waals surface area (Å²) in [5.74, 6) is 0.561. The summed E-state index contributed by atoms with van der Waals surface area (Å²) in [5.41, 5.74) is 4.92. The molecule has 0 fully saturated rings. The molecule has 0 atom stereocenters. The molecule has 0 saturated heterocycles. The molecule has 1 aromatic heterocycles. The minimum Gasteiger partial charge on any atom is -0.496 e. The highest BCUT2D eigenvalue weighted by atomic mass is 32.2. The molecule has 9 heteroatoms. The molecule has 0 bridgehead atoms. The SMILES string of the molecule is COc1cccc2c1CCc1c-2n[nH]c1C(=O)NCc1ccc(S(N)(=O)=O)cc1. The van der Waals surface area contributed by atoms with Crippen LogP contribution in [0.25, 0.3) is 11.3 Å². The summed E-state index contributed by atoms with van der Waals surface area (Å²) in [6, 6.07) is 11.9. The lowest BCUT2D eigenvalue weighted by molar-refractivity contribution is 0.0945. The van der Waals surface area contributed by atoms with Crippen molar-refractivity contribution in [1.82, 2.24) is 15.5 Å². The van der Waals surface area contributed by atoms with Crippen molar-refractivity contribution >= 4 is 15.9 Å². The van der Waals surface area contributed by atoms with Gasteiger partial charge in [-0.05, 0) is 36.6 Å². The number of methoxy groups -OCH3 is 1. The Kier molecular flexibility index (Phi) is 4.85. The maximum atomic E-state index is 12.7. The van der Waals surface area contributed by atoms with Gasteiger partial charge in [0.25, 0.3) is 5.91 Å². The second-order valence-corrected chi connectivity index (χ2v) is 8.35. The third-order valence-electron chi connectivity index (χ3n) is 5.03. The molecule has 3 aromatic rings. The third kappa shape index (κ3) is 3.62. The van der Waals surface area contributed by atoms with Gasteiger partial charge >= 0.3 is 0 Å². The van der Waals surface area contributed by atoms with Crippen LogP contribution in [0.5, 0.6) is 5.75 Å². The predicted octanol–water partition coefficient (Wildman–Crippen LogP) is 1.76. The summed E-state index contributed by atoms with van der Waals surface area (Å²) >= 11 is 0. The monoisotopic (exact) mass is 412 g/mol. The Morgan fingerprint density at radius 3 is 2.59 bits per heavy atom. The average Bonchev–Trinajstić information content (AvgIpc) is 3.16. The van der Waals surface area contributed by atoms with Crippen LogP contribution in [-0.2, 0) is 29.4 Å². The molecule has 0 aliphatic heterocycles. The fourth-order valence-corrected chi connectivity index (χ4v) is 4.09. The van der Waals surface area contributed by atoms with Gasteiger partial charge in [0.1, 0.15) is 11.4 Å². The van der Waals surface area contributed by atoms with Crippen molar-refractivity contribution < 1.29 is 17.9 Å². The average molecular weight is 412 g/mol. The second-order valence-electron chi connectivity index (χ2n) is 6.78. The van der Waals surface area contributed by atoms with Crippen molar-refractivity contribution in [2.24, 2.45) is 5.14 Å². The normalized spacial score (nSPS) is 12.8. The smallest absolute Gasteiger partial charge is 0.269 e. The van der Waals surface area contributed by atoms with Crippen LogP contribution < -0.4 is 15.2 Å². The summed E-state index contributed by atoms with van der Waals surface area (Å²) in [6.07, 6.45) is 1.45. The molecule has 1 aliphatic carbocycles. The van der Waals surface area contributed by atoms with E-state index in [1.54, 1.807) is 19.2 Å². The van der Waals surface area contributed by atoms with Gasteiger partial charge in [-0.2, -0.15) is 5.10 Å². The minimum atomic E-state index is -3.74. The zero-order valence-corrected chi connectivity index (χ0v) is 16.5. The summed E-state index contributed by atoms with van der Waals surface area (Å²) in [5, 5.41) is 15.2. The Labute approximate surface area is 168 Å². The number of primary sulfonamides is 1. The molecule has 0 spiro atoms. The van der Waals surface area contributed by atoms with Crippen LogP contribution in [0.1, 0.15) is 27.2 Å². The summed E-state index contributed by atoms with van der Waals surface area (Å²) in [6.45, 7) is 0.252. The first kappa shape index (κ1) is 19.2. The van der Waals surface area contributed by atoms with E-state index in [-0.39, 0.29) is 17.3 Å². The van der Waals surface area contributed by atoms with E-state index in [1.807, 2.05) is 18.2 Å². The van der Waals surface area contributed by atoms with Crippen LogP contribution in [0.15, 0.2) is 47.4 Å². The van der Waals surface area contributed by atoms with Gasteiger partial charge in [0.05, 0.1) is 17.7 Å². The maximum absolute atomic E-state index is 12.7. The van der Waals surface area contributed by atoms with Crippen molar-refractivity contribution in [3.8, 4) is 17.0 Å². The van der Waals surface area contributed by atoms with E-state index in [2.05, 4.69) is 15.5 Å². The van der Waals surface area contributed by atoms with E-state index >= 15 is 0 Å². The highest BCUT2D eigenvalue weighted by Gasteiger charge is 2.26. The van der Waals surface area contributed by atoms with E-state index in [0.717, 1.165) is 40.1 Å². The summed E-state index contributed by atoms with van der Waals surface area (Å²) in [4.78, 5) is 12.7. The van der Waals surface area contributed by atoms with E-state index in [9.17, 15) is 13.2 Å². The van der Waals surface area contributed by atoms with Crippen molar-refractivity contribution in [3.63, 3.8) is 0 Å². The van der Waals surface area contributed by atoms with Crippen LogP contribution in [0.2, 0.25) is 0 Å². The Balaban J connectivity index is 1.52. The van der Waals surface area contributed by atoms with Gasteiger partial charge in [-0.1, -0.05) is 24.3 Å². The van der Waals surface area contributed by atoms with Crippen LogP contribution >= 0.6 is 0 Å². The van der Waals surface area contributed by atoms with E-state index in [0.29, 0.717) is 12.1 Å². The first-order chi connectivity index (χ1) is 13.9. The number of benzene rings is 2. The van der Waals surface area contributed by atoms with Gasteiger partial charge in [0.15, 0.2) is 0 Å². The highest BCUT2D eigenvalue weighted by Crippen LogP contribution is 2.37. The van der Waals surface area contributed by atoms with Gasteiger partial charge < -0.3 is 10.1 Å². The Morgan fingerprint density at radius 2 is 1.90 bits per heavy atom. The molecule has 4 N–H and O–H groups in total. The number of carbonyl (C=O) groups is 1. The number of nitrogens with two attached hydrogens (primary N) is 1. The second kappa shape index (κ2) is 7.34. The van der Waals surface area contributed by atoms with E-state index < -0.39 is 10.0 Å². The Morgan fingerprint density at radius 1 is 1.17 bits per heavy atom. The predicted molar refractivity (Wildman–Crippen MR) is 107 cm³/mol. The van der Waals surface area contributed by atoms with Crippen molar-refractivity contribution in [3.05, 3.63) is 64.8 Å². The number of ether oxygens (including phenoxy) is 1. The number of fused-ring (bicyclic) bond motifs is 3. The van der Waals surface area contributed by atoms with Gasteiger partial charge in [-0.3, -0.25) is 9.89 Å². The van der Waals surface area contributed by atoms with Crippen molar-refractivity contribution in [2.45, 2.75) is 24.3 Å². The highest BCUT2D eigenvalue weighted by molar-refractivity contribution is 7.89. The quantitative estimate of drug-likeness (QED) is 0.588. The fraction of sp³-hybridized carbons (Fsp3) is 0.200. The lowest BCUT2D eigenvalue weighted by Gasteiger charge is -2.18. The number of carbonyl (C=O) groups excluding carboxylic acids is 1. The summed E-state index contributed by atoms with van der Waals surface area (Å²) in [7, 11) is -2.09. The number of H-pyrrole nitrogens is 1. The molecule has 0 unspecified atom stereocenters. The lowest BCUT2D eigenvalue weighted by Crippen LogP contribution is -2.24. The molecule has 1 heterocycles. The van der Waals surface area contributed by atoms with Crippen LogP contribution in [0, 0.1) is 0 Å². The number of sulfonamides is 1. The molecule has 8 nitrogen and oxygen atoms in total. The Hall–Kier alpha value is -3.17. The van der Waals surface area contributed by atoms with Crippen LogP contribution in [-0.4, -0.2) is 31.6 Å². The number of amides is 1. The van der Waals surface area contributed by atoms with Gasteiger partial charge in [-0.15, -0.1) is 0 Å². The number of nitrogens with zero attached hydrogens (tertiary/aromatic N) is 1.